The van der Waals surface area contributed by atoms with E-state index in [1.165, 1.54) is 4.90 Å². The zero-order valence-electron chi connectivity index (χ0n) is 10.5. The summed E-state index contributed by atoms with van der Waals surface area (Å²) in [5, 5.41) is 8.80. The van der Waals surface area contributed by atoms with Crippen molar-refractivity contribution in [3.63, 3.8) is 0 Å². The van der Waals surface area contributed by atoms with E-state index in [2.05, 4.69) is 0 Å². The average molecular weight is 230 g/mol. The van der Waals surface area contributed by atoms with Crippen LogP contribution in [0.2, 0.25) is 0 Å². The highest BCUT2D eigenvalue weighted by molar-refractivity contribution is 5.83. The average Bonchev–Trinajstić information content (AvgIpc) is 2.14. The fourth-order valence-corrected chi connectivity index (χ4v) is 1.44. The zero-order valence-corrected chi connectivity index (χ0v) is 10.5. The first kappa shape index (κ1) is 14.9. The van der Waals surface area contributed by atoms with E-state index in [4.69, 9.17) is 10.8 Å². The van der Waals surface area contributed by atoms with Gasteiger partial charge >= 0.3 is 5.97 Å². The summed E-state index contributed by atoms with van der Waals surface area (Å²) in [7, 11) is 0. The van der Waals surface area contributed by atoms with Gasteiger partial charge in [-0.2, -0.15) is 0 Å². The molecule has 0 aromatic rings. The number of aliphatic carboxylic acids is 1. The van der Waals surface area contributed by atoms with E-state index >= 15 is 0 Å². The number of carbonyl (C=O) groups excluding carboxylic acids is 1. The second kappa shape index (κ2) is 5.84. The molecule has 16 heavy (non-hydrogen) atoms. The van der Waals surface area contributed by atoms with Gasteiger partial charge in [-0.15, -0.1) is 0 Å². The summed E-state index contributed by atoms with van der Waals surface area (Å²) in [6.45, 7) is 7.29. The second-order valence-corrected chi connectivity index (χ2v) is 4.83. The number of amides is 1. The van der Waals surface area contributed by atoms with Crippen molar-refractivity contribution >= 4 is 11.9 Å². The predicted octanol–water partition coefficient (Wildman–Crippen LogP) is 0.683. The molecule has 94 valence electrons. The predicted molar refractivity (Wildman–Crippen MR) is 61.9 cm³/mol. The summed E-state index contributed by atoms with van der Waals surface area (Å²) in [6, 6.07) is 0. The van der Waals surface area contributed by atoms with E-state index in [1.54, 1.807) is 0 Å². The fraction of sp³-hybridized carbons (Fsp3) is 0.818. The molecule has 1 amide bonds. The SMILES string of the molecule is CCC(CN)C(=O)N(CC(=O)O)C(C)(C)C. The van der Waals surface area contributed by atoms with Crippen molar-refractivity contribution in [2.24, 2.45) is 11.7 Å². The number of nitrogens with zero attached hydrogens (tertiary/aromatic N) is 1. The van der Waals surface area contributed by atoms with E-state index < -0.39 is 11.5 Å². The highest BCUT2D eigenvalue weighted by atomic mass is 16.4. The van der Waals surface area contributed by atoms with Crippen LogP contribution in [0.4, 0.5) is 0 Å². The molecule has 0 aliphatic heterocycles. The van der Waals surface area contributed by atoms with E-state index in [9.17, 15) is 9.59 Å². The van der Waals surface area contributed by atoms with E-state index in [0.29, 0.717) is 6.42 Å². The van der Waals surface area contributed by atoms with Gasteiger partial charge < -0.3 is 15.7 Å². The number of hydrogen-bond donors (Lipinski definition) is 2. The molecule has 0 aliphatic carbocycles. The van der Waals surface area contributed by atoms with Crippen molar-refractivity contribution < 1.29 is 14.7 Å². The van der Waals surface area contributed by atoms with Crippen molar-refractivity contribution in [3.05, 3.63) is 0 Å². The largest absolute Gasteiger partial charge is 0.480 e. The molecule has 0 radical (unpaired) electrons. The lowest BCUT2D eigenvalue weighted by atomic mass is 9.99. The molecule has 0 saturated carbocycles. The first-order valence-corrected chi connectivity index (χ1v) is 5.47. The molecule has 0 aromatic carbocycles. The highest BCUT2D eigenvalue weighted by Gasteiger charge is 2.31. The van der Waals surface area contributed by atoms with Crippen molar-refractivity contribution in [1.82, 2.24) is 4.90 Å². The van der Waals surface area contributed by atoms with Crippen LogP contribution in [0.3, 0.4) is 0 Å². The molecule has 5 nitrogen and oxygen atoms in total. The molecule has 1 unspecified atom stereocenters. The van der Waals surface area contributed by atoms with E-state index in [-0.39, 0.29) is 24.9 Å². The van der Waals surface area contributed by atoms with Crippen molar-refractivity contribution in [2.75, 3.05) is 13.1 Å². The molecule has 0 heterocycles. The Labute approximate surface area is 96.6 Å². The minimum absolute atomic E-state index is 0.181. The zero-order chi connectivity index (χ0) is 12.9. The minimum Gasteiger partial charge on any atom is -0.480 e. The van der Waals surface area contributed by atoms with Gasteiger partial charge in [-0.1, -0.05) is 6.92 Å². The number of hydrogen-bond acceptors (Lipinski definition) is 3. The van der Waals surface area contributed by atoms with Gasteiger partial charge in [0.05, 0.1) is 5.92 Å². The summed E-state index contributed by atoms with van der Waals surface area (Å²) in [4.78, 5) is 24.2. The van der Waals surface area contributed by atoms with Gasteiger partial charge in [0, 0.05) is 12.1 Å². The van der Waals surface area contributed by atoms with Crippen LogP contribution in [-0.4, -0.2) is 40.5 Å². The molecule has 0 aliphatic rings. The third-order valence-corrected chi connectivity index (χ3v) is 2.50. The Morgan fingerprint density at radius 1 is 1.38 bits per heavy atom. The van der Waals surface area contributed by atoms with Crippen LogP contribution in [0.15, 0.2) is 0 Å². The van der Waals surface area contributed by atoms with Crippen molar-refractivity contribution in [1.29, 1.82) is 0 Å². The number of carboxylic acid groups (broad SMARTS) is 1. The van der Waals surface area contributed by atoms with Gasteiger partial charge in [-0.25, -0.2) is 0 Å². The Kier molecular flexibility index (Phi) is 5.44. The van der Waals surface area contributed by atoms with Crippen LogP contribution >= 0.6 is 0 Å². The summed E-state index contributed by atoms with van der Waals surface area (Å²) in [5.41, 5.74) is 5.00. The topological polar surface area (TPSA) is 83.6 Å². The van der Waals surface area contributed by atoms with Crippen LogP contribution in [-0.2, 0) is 9.59 Å². The summed E-state index contributed by atoms with van der Waals surface area (Å²) < 4.78 is 0. The van der Waals surface area contributed by atoms with Crippen LogP contribution in [0.5, 0.6) is 0 Å². The first-order chi connectivity index (χ1) is 7.23. The van der Waals surface area contributed by atoms with Gasteiger partial charge in [0.25, 0.3) is 0 Å². The Hall–Kier alpha value is -1.10. The quantitative estimate of drug-likeness (QED) is 0.727. The molecule has 5 heteroatoms. The molecular formula is C11H22N2O3. The third kappa shape index (κ3) is 4.18. The first-order valence-electron chi connectivity index (χ1n) is 5.47. The van der Waals surface area contributed by atoms with Crippen LogP contribution in [0.25, 0.3) is 0 Å². The Bertz CT molecular complexity index is 254. The number of carbonyl (C=O) groups is 2. The van der Waals surface area contributed by atoms with Gasteiger partial charge in [0.1, 0.15) is 6.54 Å². The fourth-order valence-electron chi connectivity index (χ4n) is 1.44. The molecule has 0 aromatic heterocycles. The van der Waals surface area contributed by atoms with Crippen LogP contribution < -0.4 is 5.73 Å². The summed E-state index contributed by atoms with van der Waals surface area (Å²) >= 11 is 0. The van der Waals surface area contributed by atoms with Crippen LogP contribution in [0, 0.1) is 5.92 Å². The molecule has 3 N–H and O–H groups in total. The Morgan fingerprint density at radius 3 is 2.12 bits per heavy atom. The molecule has 0 fully saturated rings. The molecule has 0 rings (SSSR count). The van der Waals surface area contributed by atoms with Gasteiger partial charge in [0.2, 0.25) is 5.91 Å². The summed E-state index contributed by atoms with van der Waals surface area (Å²) in [6.07, 6.45) is 0.627. The number of carboxylic acids is 1. The lowest BCUT2D eigenvalue weighted by molar-refractivity contribution is -0.150. The molecule has 1 atom stereocenters. The molecule has 0 saturated heterocycles. The maximum atomic E-state index is 12.1. The number of rotatable bonds is 5. The van der Waals surface area contributed by atoms with E-state index in [1.807, 2.05) is 27.7 Å². The normalized spacial score (nSPS) is 13.3. The standard InChI is InChI=1S/C11H22N2O3/c1-5-8(6-12)10(16)13(7-9(14)15)11(2,3)4/h8H,5-7,12H2,1-4H3,(H,14,15). The van der Waals surface area contributed by atoms with Gasteiger partial charge in [-0.05, 0) is 27.2 Å². The monoisotopic (exact) mass is 230 g/mol. The summed E-state index contributed by atoms with van der Waals surface area (Å²) in [5.74, 6) is -1.48. The Balaban J connectivity index is 4.89. The maximum Gasteiger partial charge on any atom is 0.323 e. The second-order valence-electron chi connectivity index (χ2n) is 4.83. The molecular weight excluding hydrogens is 208 g/mol. The number of nitrogens with two attached hydrogens (primary N) is 1. The van der Waals surface area contributed by atoms with Crippen molar-refractivity contribution in [2.45, 2.75) is 39.7 Å². The maximum absolute atomic E-state index is 12.1. The van der Waals surface area contributed by atoms with Crippen molar-refractivity contribution in [3.8, 4) is 0 Å². The third-order valence-electron chi connectivity index (χ3n) is 2.50. The lowest BCUT2D eigenvalue weighted by Crippen LogP contribution is -2.51. The lowest BCUT2D eigenvalue weighted by Gasteiger charge is -2.36. The Morgan fingerprint density at radius 2 is 1.88 bits per heavy atom. The van der Waals surface area contributed by atoms with Gasteiger partial charge in [0.15, 0.2) is 0 Å². The molecule has 0 spiro atoms. The minimum atomic E-state index is -1.00. The van der Waals surface area contributed by atoms with E-state index in [0.717, 1.165) is 0 Å². The smallest absolute Gasteiger partial charge is 0.323 e. The highest BCUT2D eigenvalue weighted by Crippen LogP contribution is 2.17. The van der Waals surface area contributed by atoms with Gasteiger partial charge in [-0.3, -0.25) is 9.59 Å². The molecule has 0 bridgehead atoms. The van der Waals surface area contributed by atoms with Crippen LogP contribution in [0.1, 0.15) is 34.1 Å².